The van der Waals surface area contributed by atoms with E-state index in [9.17, 15) is 33.6 Å². The molecule has 5 aromatic rings. The van der Waals surface area contributed by atoms with Gasteiger partial charge < -0.3 is 66.4 Å². The topological polar surface area (TPSA) is 291 Å². The molecular weight excluding hydrogens is 1110 g/mol. The molecule has 0 spiro atoms. The predicted octanol–water partition coefficient (Wildman–Crippen LogP) is 7.20. The zero-order valence-electron chi connectivity index (χ0n) is 49.7. The van der Waals surface area contributed by atoms with Gasteiger partial charge in [0.1, 0.15) is 37.7 Å². The lowest BCUT2D eigenvalue weighted by molar-refractivity contribution is -0.132. The zero-order chi connectivity index (χ0) is 61.6. The third-order valence-electron chi connectivity index (χ3n) is 16.0. The van der Waals surface area contributed by atoms with Crippen LogP contribution >= 0.6 is 0 Å². The summed E-state index contributed by atoms with van der Waals surface area (Å²) in [6, 6.07) is 26.6. The Bertz CT molecular complexity index is 3410. The van der Waals surface area contributed by atoms with Crippen LogP contribution in [-0.4, -0.2) is 139 Å². The number of fused-ring (bicyclic) bond motifs is 6. The van der Waals surface area contributed by atoms with E-state index < -0.39 is 36.0 Å². The molecule has 0 bridgehead atoms. The maximum Gasteiger partial charge on any atom is 0.410 e. The normalized spacial score (nSPS) is 16.0. The predicted molar refractivity (Wildman–Crippen MR) is 329 cm³/mol. The van der Waals surface area contributed by atoms with Gasteiger partial charge in [-0.05, 0) is 116 Å². The first-order valence-corrected chi connectivity index (χ1v) is 29.7. The molecular formula is C65H77N11O11. The summed E-state index contributed by atoms with van der Waals surface area (Å²) in [5.74, 6) is -0.803. The molecule has 4 heterocycles. The number of hydrogen-bond acceptors (Lipinski definition) is 14. The van der Waals surface area contributed by atoms with Gasteiger partial charge in [-0.1, -0.05) is 80.9 Å². The number of primary amides is 1. The van der Waals surface area contributed by atoms with Crippen LogP contribution in [0.2, 0.25) is 0 Å². The van der Waals surface area contributed by atoms with Gasteiger partial charge in [0.25, 0.3) is 11.8 Å². The van der Waals surface area contributed by atoms with E-state index in [2.05, 4.69) is 33.4 Å². The number of carbonyl (C=O) groups excluding carboxylic acids is 7. The second kappa shape index (κ2) is 29.2. The van der Waals surface area contributed by atoms with Crippen LogP contribution in [0.5, 0.6) is 17.2 Å². The number of hydrogen-bond donors (Lipinski definition) is 6. The van der Waals surface area contributed by atoms with Gasteiger partial charge in [0.2, 0.25) is 17.7 Å². The molecule has 0 aliphatic carbocycles. The Morgan fingerprint density at radius 1 is 0.701 bits per heavy atom. The van der Waals surface area contributed by atoms with E-state index in [1.54, 1.807) is 68.6 Å². The third-order valence-corrected chi connectivity index (χ3v) is 16.0. The van der Waals surface area contributed by atoms with Crippen LogP contribution in [0.1, 0.15) is 106 Å². The van der Waals surface area contributed by atoms with Crippen molar-refractivity contribution in [3.05, 3.63) is 142 Å². The summed E-state index contributed by atoms with van der Waals surface area (Å²) in [5, 5.41) is 11.0. The molecule has 4 atom stereocenters. The van der Waals surface area contributed by atoms with Crippen molar-refractivity contribution in [1.82, 2.24) is 30.7 Å². The largest absolute Gasteiger partial charge is 0.493 e. The van der Waals surface area contributed by atoms with Crippen molar-refractivity contribution in [3.8, 4) is 17.2 Å². The number of amides is 8. The quantitative estimate of drug-likeness (QED) is 0.0300. The number of aliphatic imine (C=N–C) groups is 2. The highest BCUT2D eigenvalue weighted by Gasteiger charge is 2.36. The summed E-state index contributed by atoms with van der Waals surface area (Å²) >= 11 is 0. The van der Waals surface area contributed by atoms with Crippen LogP contribution in [0.3, 0.4) is 0 Å². The number of aryl methyl sites for hydroxylation is 1. The van der Waals surface area contributed by atoms with Gasteiger partial charge in [-0.15, -0.1) is 0 Å². The summed E-state index contributed by atoms with van der Waals surface area (Å²) in [7, 11) is 1.49. The molecule has 8 N–H and O–H groups in total. The maximum absolute atomic E-state index is 14.2. The van der Waals surface area contributed by atoms with Crippen LogP contribution in [0.15, 0.2) is 107 Å². The van der Waals surface area contributed by atoms with Crippen molar-refractivity contribution in [2.45, 2.75) is 116 Å². The smallest absolute Gasteiger partial charge is 0.410 e. The number of methoxy groups -OCH3 is 1. The van der Waals surface area contributed by atoms with Gasteiger partial charge in [-0.2, -0.15) is 0 Å². The molecule has 8 amide bonds. The zero-order valence-corrected chi connectivity index (χ0v) is 49.7. The highest BCUT2D eigenvalue weighted by molar-refractivity contribution is 6.04. The molecule has 22 nitrogen and oxygen atoms in total. The molecule has 0 saturated carbocycles. The fourth-order valence-electron chi connectivity index (χ4n) is 11.1. The second-order valence-electron chi connectivity index (χ2n) is 22.5. The Kier molecular flexibility index (Phi) is 20.9. The minimum absolute atomic E-state index is 0.0247. The lowest BCUT2D eigenvalue weighted by Crippen LogP contribution is -2.54. The first kappa shape index (κ1) is 62.2. The third kappa shape index (κ3) is 15.8. The molecule has 0 radical (unpaired) electrons. The SMILES string of the molecule is COc1cc2c(cc1OCCN(CCOc1cc3c(cc1C)C(=O)N1Cc4ccccc4CC1C=N3)C(=O)OCc1ccc(NC(=O)C(CCCNC(N)=O)NC(=O)C(NC(=O)CCCCCN)C(C)C)cc1)N=CC1Cc3ccccc3CN1C2=O. The lowest BCUT2D eigenvalue weighted by Gasteiger charge is -2.34. The van der Waals surface area contributed by atoms with Gasteiger partial charge in [0.15, 0.2) is 11.5 Å². The van der Waals surface area contributed by atoms with Crippen molar-refractivity contribution in [1.29, 1.82) is 0 Å². The van der Waals surface area contributed by atoms with Crippen molar-refractivity contribution in [2.24, 2.45) is 27.4 Å². The van der Waals surface area contributed by atoms with Gasteiger partial charge in [-0.25, -0.2) is 9.59 Å². The molecule has 9 rings (SSSR count). The van der Waals surface area contributed by atoms with Gasteiger partial charge >= 0.3 is 12.1 Å². The number of benzene rings is 5. The molecule has 0 fully saturated rings. The van der Waals surface area contributed by atoms with Crippen molar-refractivity contribution >= 4 is 71.2 Å². The standard InChI is InChI=1S/C65H77N11O11/c1-40(2)59(73-58(77)18-6-5-11-23-66)61(79)72-52(17-12-24-68-64(67)82)60(78)71-47-21-19-42(20-22-47)39-87-65(83)74(25-27-85-55-33-53-50(29-41(55)3)62(80)75-37-45-15-9-7-13-43(45)30-48(75)35-69-53)26-28-86-57-34-54-51(32-56(57)84-4)63(81)76-38-46-16-10-8-14-44(46)31-49(76)36-70-54/h7-10,13-16,19-22,29,32-36,40,48-49,52,59H,5-6,11-12,17-18,23-28,30-31,37-39,66H2,1-4H3,(H,71,78)(H,72,79)(H,73,77)(H3,67,68,82). The Morgan fingerprint density at radius 3 is 1.87 bits per heavy atom. The van der Waals surface area contributed by atoms with E-state index in [0.29, 0.717) is 102 Å². The lowest BCUT2D eigenvalue weighted by atomic mass is 9.94. The minimum atomic E-state index is -1.05. The van der Waals surface area contributed by atoms with E-state index in [-0.39, 0.29) is 88.0 Å². The number of ether oxygens (including phenoxy) is 4. The molecule has 0 aromatic heterocycles. The van der Waals surface area contributed by atoms with Gasteiger partial charge in [0.05, 0.1) is 54.8 Å². The summed E-state index contributed by atoms with van der Waals surface area (Å²) in [4.78, 5) is 109. The van der Waals surface area contributed by atoms with Gasteiger partial charge in [0, 0.05) is 56.3 Å². The van der Waals surface area contributed by atoms with E-state index >= 15 is 0 Å². The molecule has 4 aliphatic rings. The van der Waals surface area contributed by atoms with Crippen LogP contribution < -0.4 is 46.9 Å². The summed E-state index contributed by atoms with van der Waals surface area (Å²) in [6.07, 6.45) is 7.11. The van der Waals surface area contributed by atoms with E-state index in [1.807, 2.05) is 59.3 Å². The molecule has 458 valence electrons. The maximum atomic E-state index is 14.2. The number of carbonyl (C=O) groups is 7. The number of rotatable bonds is 26. The number of nitrogens with two attached hydrogens (primary N) is 2. The van der Waals surface area contributed by atoms with E-state index in [0.717, 1.165) is 24.0 Å². The number of anilines is 1. The highest BCUT2D eigenvalue weighted by atomic mass is 16.6. The molecule has 87 heavy (non-hydrogen) atoms. The Morgan fingerprint density at radius 2 is 1.29 bits per heavy atom. The Labute approximate surface area is 506 Å². The molecule has 0 saturated heterocycles. The van der Waals surface area contributed by atoms with Crippen LogP contribution in [0, 0.1) is 12.8 Å². The van der Waals surface area contributed by atoms with E-state index in [4.69, 9.17) is 40.4 Å². The molecule has 4 unspecified atom stereocenters. The average Bonchev–Trinajstić information content (AvgIpc) is 2.13. The molecule has 5 aromatic carbocycles. The van der Waals surface area contributed by atoms with Crippen LogP contribution in [-0.2, 0) is 51.7 Å². The van der Waals surface area contributed by atoms with Crippen LogP contribution in [0.4, 0.5) is 26.7 Å². The number of urea groups is 1. The van der Waals surface area contributed by atoms with Gasteiger partial charge in [-0.3, -0.25) is 34.0 Å². The molecule has 22 heteroatoms. The number of nitrogens with one attached hydrogen (secondary N) is 4. The second-order valence-corrected chi connectivity index (χ2v) is 22.5. The van der Waals surface area contributed by atoms with Crippen molar-refractivity contribution in [2.75, 3.05) is 51.8 Å². The first-order valence-electron chi connectivity index (χ1n) is 29.7. The van der Waals surface area contributed by atoms with Crippen molar-refractivity contribution in [3.63, 3.8) is 0 Å². The Balaban J connectivity index is 0.865. The summed E-state index contributed by atoms with van der Waals surface area (Å²) in [6.45, 7) is 6.99. The highest BCUT2D eigenvalue weighted by Crippen LogP contribution is 2.39. The van der Waals surface area contributed by atoms with E-state index in [1.165, 1.54) is 23.1 Å². The fraction of sp³-hybridized carbons (Fsp3) is 0.400. The monoisotopic (exact) mass is 1190 g/mol. The fourth-order valence-corrected chi connectivity index (χ4v) is 11.1. The average molecular weight is 1190 g/mol. The van der Waals surface area contributed by atoms with Crippen LogP contribution in [0.25, 0.3) is 0 Å². The summed E-state index contributed by atoms with van der Waals surface area (Å²) < 4.78 is 24.3. The first-order chi connectivity index (χ1) is 42.1. The number of unbranched alkanes of at least 4 members (excludes halogenated alkanes) is 2. The summed E-state index contributed by atoms with van der Waals surface area (Å²) in [5.41, 5.74) is 18.9. The minimum Gasteiger partial charge on any atom is -0.493 e. The van der Waals surface area contributed by atoms with Crippen molar-refractivity contribution < 1.29 is 52.5 Å². The Hall–Kier alpha value is -9.31. The molecule has 4 aliphatic heterocycles. The number of nitrogens with zero attached hydrogens (tertiary/aromatic N) is 5.